The third-order valence-electron chi connectivity index (χ3n) is 4.42. The van der Waals surface area contributed by atoms with Gasteiger partial charge in [-0.05, 0) is 36.6 Å². The first-order valence-electron chi connectivity index (χ1n) is 7.16. The average Bonchev–Trinajstić information content (AvgIpc) is 2.82. The van der Waals surface area contributed by atoms with Gasteiger partial charge < -0.3 is 24.6 Å². The van der Waals surface area contributed by atoms with Crippen molar-refractivity contribution in [2.45, 2.75) is 25.5 Å². The Morgan fingerprint density at radius 2 is 2.17 bits per heavy atom. The summed E-state index contributed by atoms with van der Waals surface area (Å²) >= 11 is 0. The maximum atomic E-state index is 13.9. The van der Waals surface area contributed by atoms with Gasteiger partial charge in [0.15, 0.2) is 11.6 Å². The number of carbonyl (C=O) groups excluding carboxylic acids is 2. The number of nitrogens with zero attached hydrogens (tertiary/aromatic N) is 1. The summed E-state index contributed by atoms with van der Waals surface area (Å²) in [6.07, 6.45) is -0.644. The van der Waals surface area contributed by atoms with Gasteiger partial charge in [-0.1, -0.05) is 6.07 Å². The zero-order valence-corrected chi connectivity index (χ0v) is 15.6. The molecule has 2 aliphatic rings. The zero-order chi connectivity index (χ0) is 16.9. The van der Waals surface area contributed by atoms with Crippen LogP contribution in [0.25, 0.3) is 5.57 Å². The number of aliphatic hydroxyl groups is 1. The van der Waals surface area contributed by atoms with Crippen LogP contribution in [0, 0.1) is 11.7 Å². The molecule has 1 aromatic rings. The number of aliphatic hydroxyl groups excluding tert-OH is 1. The summed E-state index contributed by atoms with van der Waals surface area (Å²) in [6.45, 7) is 1.49. The molecule has 0 unspecified atom stereocenters. The summed E-state index contributed by atoms with van der Waals surface area (Å²) in [5.74, 6) is -3.17. The Morgan fingerprint density at radius 3 is 2.67 bits per heavy atom. The fraction of sp³-hybridized carbons (Fsp3) is 0.375. The molecule has 0 saturated carbocycles. The van der Waals surface area contributed by atoms with Crippen LogP contribution in [0.1, 0.15) is 18.9 Å². The van der Waals surface area contributed by atoms with E-state index in [9.17, 15) is 24.2 Å². The maximum absolute atomic E-state index is 13.9. The molecule has 2 aliphatic heterocycles. The largest absolute Gasteiger partial charge is 1.00 e. The molecule has 1 fully saturated rings. The van der Waals surface area contributed by atoms with E-state index in [1.165, 1.54) is 32.2 Å². The van der Waals surface area contributed by atoms with E-state index in [0.717, 1.165) is 4.90 Å². The van der Waals surface area contributed by atoms with Crippen LogP contribution in [0.2, 0.25) is 0 Å². The van der Waals surface area contributed by atoms with E-state index in [1.807, 2.05) is 0 Å². The van der Waals surface area contributed by atoms with Crippen molar-refractivity contribution in [2.75, 3.05) is 7.11 Å². The summed E-state index contributed by atoms with van der Waals surface area (Å²) in [5.41, 5.74) is 0.434. The number of halogens is 1. The molecule has 1 N–H and O–H groups in total. The molecule has 0 aromatic heterocycles. The number of methoxy groups -OCH3 is 1. The number of β-lactam (4-membered cyclic amide) rings is 1. The molecule has 0 bridgehead atoms. The van der Waals surface area contributed by atoms with Gasteiger partial charge in [-0.3, -0.25) is 4.79 Å². The number of fused-ring (bicyclic) bond motifs is 1. The van der Waals surface area contributed by atoms with Crippen molar-refractivity contribution in [3.05, 3.63) is 35.3 Å². The molecule has 3 rings (SSSR count). The second kappa shape index (κ2) is 6.84. The number of carboxylic acids is 1. The molecule has 1 saturated heterocycles. The van der Waals surface area contributed by atoms with E-state index < -0.39 is 35.8 Å². The summed E-state index contributed by atoms with van der Waals surface area (Å²) in [7, 11) is 1.33. The molecule has 1 amide bonds. The molecule has 0 radical (unpaired) electrons. The van der Waals surface area contributed by atoms with Crippen molar-refractivity contribution in [3.63, 3.8) is 0 Å². The Morgan fingerprint density at radius 1 is 1.50 bits per heavy atom. The second-order valence-electron chi connectivity index (χ2n) is 5.71. The van der Waals surface area contributed by atoms with Gasteiger partial charge in [-0.15, -0.1) is 0 Å². The van der Waals surface area contributed by atoms with Gasteiger partial charge in [0, 0.05) is 0 Å². The van der Waals surface area contributed by atoms with E-state index >= 15 is 0 Å². The van der Waals surface area contributed by atoms with Gasteiger partial charge in [0.05, 0.1) is 36.8 Å². The number of aliphatic carboxylic acids is 1. The van der Waals surface area contributed by atoms with Gasteiger partial charge in [-0.25, -0.2) is 4.39 Å². The number of carboxylic acid groups (broad SMARTS) is 1. The minimum atomic E-state index is -1.49. The molecule has 2 heterocycles. The summed E-state index contributed by atoms with van der Waals surface area (Å²) in [5, 5.41) is 21.1. The number of rotatable bonds is 4. The van der Waals surface area contributed by atoms with Crippen molar-refractivity contribution >= 4 is 17.4 Å². The molecule has 8 heteroatoms. The maximum Gasteiger partial charge on any atom is 1.00 e. The van der Waals surface area contributed by atoms with Gasteiger partial charge in [-0.2, -0.15) is 0 Å². The molecule has 3 atom stereocenters. The third-order valence-corrected chi connectivity index (χ3v) is 4.42. The number of hydrogen-bond acceptors (Lipinski definition) is 5. The van der Waals surface area contributed by atoms with Crippen LogP contribution in [0.5, 0.6) is 5.75 Å². The number of benzene rings is 1. The van der Waals surface area contributed by atoms with Crippen molar-refractivity contribution in [1.29, 1.82) is 0 Å². The number of hydrogen-bond donors (Lipinski definition) is 1. The smallest absolute Gasteiger partial charge is 0.543 e. The van der Waals surface area contributed by atoms with Crippen molar-refractivity contribution in [2.24, 2.45) is 5.92 Å². The predicted octanol–water partition coefficient (Wildman–Crippen LogP) is -3.09. The first-order chi connectivity index (χ1) is 10.9. The predicted molar refractivity (Wildman–Crippen MR) is 75.3 cm³/mol. The Labute approximate surface area is 160 Å². The molecule has 122 valence electrons. The first-order valence-corrected chi connectivity index (χ1v) is 7.16. The zero-order valence-electron chi connectivity index (χ0n) is 13.6. The third kappa shape index (κ3) is 2.75. The van der Waals surface area contributed by atoms with Gasteiger partial charge in [0.1, 0.15) is 0 Å². The fourth-order valence-corrected chi connectivity index (χ4v) is 3.37. The number of carbonyl (C=O) groups is 2. The van der Waals surface area contributed by atoms with E-state index in [4.69, 9.17) is 4.74 Å². The SMILES string of the molecule is COc1ccc(C2=C(C(=O)[O-])N3C(=O)[C@H]([C@@H](C)O)[C@H]3C2)cc1F.[Na+]. The van der Waals surface area contributed by atoms with E-state index in [2.05, 4.69) is 0 Å². The Balaban J connectivity index is 0.00000208. The van der Waals surface area contributed by atoms with Crippen LogP contribution in [-0.4, -0.2) is 41.1 Å². The minimum Gasteiger partial charge on any atom is -0.543 e. The first kappa shape index (κ1) is 18.9. The molecular weight excluding hydrogens is 328 g/mol. The topological polar surface area (TPSA) is 89.9 Å². The average molecular weight is 343 g/mol. The molecule has 0 aliphatic carbocycles. The standard InChI is InChI=1S/C16H16FNO5.Na/c1-7(19)13-11-6-9(14(16(21)22)18(11)15(13)20)8-3-4-12(23-2)10(17)5-8;/h3-5,7,11,13,19H,6H2,1-2H3,(H,21,22);/q;+1/p-1/t7-,11-,13-;/m1./s1. The van der Waals surface area contributed by atoms with Crippen LogP contribution in [0.4, 0.5) is 4.39 Å². The van der Waals surface area contributed by atoms with Crippen LogP contribution < -0.4 is 39.4 Å². The molecule has 1 aromatic carbocycles. The molecule has 6 nitrogen and oxygen atoms in total. The molecular formula is C16H15FNNaO5. The number of ether oxygens (including phenoxy) is 1. The Hall–Kier alpha value is -1.41. The van der Waals surface area contributed by atoms with Crippen LogP contribution in [-0.2, 0) is 9.59 Å². The second-order valence-corrected chi connectivity index (χ2v) is 5.71. The minimum absolute atomic E-state index is 0. The van der Waals surface area contributed by atoms with Gasteiger partial charge in [0.2, 0.25) is 5.91 Å². The fourth-order valence-electron chi connectivity index (χ4n) is 3.37. The van der Waals surface area contributed by atoms with Crippen LogP contribution in [0.15, 0.2) is 23.9 Å². The van der Waals surface area contributed by atoms with E-state index in [1.54, 1.807) is 0 Å². The molecule has 0 spiro atoms. The monoisotopic (exact) mass is 343 g/mol. The summed E-state index contributed by atoms with van der Waals surface area (Å²) in [6, 6.07) is 3.67. The molecule has 24 heavy (non-hydrogen) atoms. The number of amides is 1. The van der Waals surface area contributed by atoms with Crippen molar-refractivity contribution in [1.82, 2.24) is 4.90 Å². The Kier molecular flexibility index (Phi) is 5.39. The van der Waals surface area contributed by atoms with E-state index in [0.29, 0.717) is 11.1 Å². The van der Waals surface area contributed by atoms with Gasteiger partial charge >= 0.3 is 29.6 Å². The van der Waals surface area contributed by atoms with Crippen LogP contribution >= 0.6 is 0 Å². The van der Waals surface area contributed by atoms with Crippen molar-refractivity contribution in [3.8, 4) is 5.75 Å². The van der Waals surface area contributed by atoms with Gasteiger partial charge in [0.25, 0.3) is 0 Å². The summed E-state index contributed by atoms with van der Waals surface area (Å²) in [4.78, 5) is 24.7. The Bertz CT molecular complexity index is 733. The summed E-state index contributed by atoms with van der Waals surface area (Å²) < 4.78 is 18.7. The van der Waals surface area contributed by atoms with Crippen LogP contribution in [0.3, 0.4) is 0 Å². The van der Waals surface area contributed by atoms with E-state index in [-0.39, 0.29) is 47.4 Å². The van der Waals surface area contributed by atoms with Crippen molar-refractivity contribution < 1.29 is 58.5 Å². The quantitative estimate of drug-likeness (QED) is 0.462. The normalized spacial score (nSPS) is 23.3.